The van der Waals surface area contributed by atoms with Gasteiger partial charge in [-0.2, -0.15) is 0 Å². The summed E-state index contributed by atoms with van der Waals surface area (Å²) in [5.41, 5.74) is 0.708. The standard InChI is InChI=1S/C14H10ClFO3/c15-13-10(2-1-3-12(13)16)8-19-11-6-4-9(5-7-11)14(17)18/h1-7H,8H2,(H,17,18). The number of halogens is 2. The molecule has 0 saturated heterocycles. The number of benzene rings is 2. The fraction of sp³-hybridized carbons (Fsp3) is 0.0714. The van der Waals surface area contributed by atoms with Gasteiger partial charge in [-0.3, -0.25) is 0 Å². The minimum Gasteiger partial charge on any atom is -0.489 e. The average Bonchev–Trinajstić information content (AvgIpc) is 2.41. The van der Waals surface area contributed by atoms with Gasteiger partial charge in [0.05, 0.1) is 10.6 Å². The number of hydrogen-bond acceptors (Lipinski definition) is 2. The summed E-state index contributed by atoms with van der Waals surface area (Å²) in [5, 5.41) is 8.78. The maximum absolute atomic E-state index is 13.2. The zero-order valence-electron chi connectivity index (χ0n) is 9.77. The second-order valence-corrected chi connectivity index (χ2v) is 4.21. The second kappa shape index (κ2) is 5.71. The molecule has 0 atom stereocenters. The topological polar surface area (TPSA) is 46.5 Å². The van der Waals surface area contributed by atoms with Gasteiger partial charge in [0, 0.05) is 5.56 Å². The predicted octanol–water partition coefficient (Wildman–Crippen LogP) is 3.76. The Morgan fingerprint density at radius 1 is 1.21 bits per heavy atom. The average molecular weight is 281 g/mol. The number of ether oxygens (including phenoxy) is 1. The predicted molar refractivity (Wildman–Crippen MR) is 69.1 cm³/mol. The zero-order valence-corrected chi connectivity index (χ0v) is 10.5. The lowest BCUT2D eigenvalue weighted by molar-refractivity contribution is 0.0697. The summed E-state index contributed by atoms with van der Waals surface area (Å²) in [6, 6.07) is 10.4. The lowest BCUT2D eigenvalue weighted by atomic mass is 10.2. The summed E-state index contributed by atoms with van der Waals surface area (Å²) in [6.45, 7) is 0.114. The van der Waals surface area contributed by atoms with Crippen LogP contribution >= 0.6 is 11.6 Å². The maximum Gasteiger partial charge on any atom is 0.335 e. The van der Waals surface area contributed by atoms with Crippen LogP contribution in [0.1, 0.15) is 15.9 Å². The van der Waals surface area contributed by atoms with E-state index in [1.54, 1.807) is 12.1 Å². The molecule has 0 aliphatic heterocycles. The molecular weight excluding hydrogens is 271 g/mol. The van der Waals surface area contributed by atoms with Crippen LogP contribution in [0.5, 0.6) is 5.75 Å². The highest BCUT2D eigenvalue weighted by Gasteiger charge is 2.07. The highest BCUT2D eigenvalue weighted by atomic mass is 35.5. The van der Waals surface area contributed by atoms with Crippen molar-refractivity contribution in [2.75, 3.05) is 0 Å². The normalized spacial score (nSPS) is 10.2. The van der Waals surface area contributed by atoms with Crippen LogP contribution in [0.2, 0.25) is 5.02 Å². The quantitative estimate of drug-likeness (QED) is 0.927. The van der Waals surface area contributed by atoms with E-state index in [0.29, 0.717) is 11.3 Å². The fourth-order valence-corrected chi connectivity index (χ4v) is 1.70. The number of hydrogen-bond donors (Lipinski definition) is 1. The molecule has 0 aromatic heterocycles. The van der Waals surface area contributed by atoms with Gasteiger partial charge in [-0.25, -0.2) is 9.18 Å². The molecule has 5 heteroatoms. The molecule has 2 aromatic carbocycles. The second-order valence-electron chi connectivity index (χ2n) is 3.83. The largest absolute Gasteiger partial charge is 0.489 e. The molecule has 98 valence electrons. The number of carboxylic acids is 1. The Morgan fingerprint density at radius 2 is 1.89 bits per heavy atom. The first kappa shape index (κ1) is 13.4. The highest BCUT2D eigenvalue weighted by Crippen LogP contribution is 2.21. The van der Waals surface area contributed by atoms with E-state index >= 15 is 0 Å². The van der Waals surface area contributed by atoms with Crippen molar-refractivity contribution < 1.29 is 19.0 Å². The Hall–Kier alpha value is -2.07. The SMILES string of the molecule is O=C(O)c1ccc(OCc2cccc(F)c2Cl)cc1. The molecular formula is C14H10ClFO3. The maximum atomic E-state index is 13.2. The zero-order chi connectivity index (χ0) is 13.8. The summed E-state index contributed by atoms with van der Waals surface area (Å²) < 4.78 is 18.6. The van der Waals surface area contributed by atoms with Crippen LogP contribution in [-0.2, 0) is 6.61 Å². The molecule has 0 saturated carbocycles. The summed E-state index contributed by atoms with van der Waals surface area (Å²) in [4.78, 5) is 10.7. The van der Waals surface area contributed by atoms with E-state index in [1.165, 1.54) is 30.3 Å². The Labute approximate surface area is 114 Å². The molecule has 1 N–H and O–H groups in total. The van der Waals surface area contributed by atoms with E-state index < -0.39 is 11.8 Å². The van der Waals surface area contributed by atoms with E-state index in [-0.39, 0.29) is 17.2 Å². The van der Waals surface area contributed by atoms with E-state index in [9.17, 15) is 9.18 Å². The molecule has 0 heterocycles. The Morgan fingerprint density at radius 3 is 2.53 bits per heavy atom. The Bertz CT molecular complexity index is 596. The molecule has 0 radical (unpaired) electrons. The summed E-state index contributed by atoms with van der Waals surface area (Å²) in [7, 11) is 0. The van der Waals surface area contributed by atoms with Crippen LogP contribution in [0.25, 0.3) is 0 Å². The molecule has 2 aromatic rings. The number of aromatic carboxylic acids is 1. The number of rotatable bonds is 4. The Balaban J connectivity index is 2.06. The highest BCUT2D eigenvalue weighted by molar-refractivity contribution is 6.31. The van der Waals surface area contributed by atoms with Crippen molar-refractivity contribution >= 4 is 17.6 Å². The van der Waals surface area contributed by atoms with Crippen molar-refractivity contribution in [3.8, 4) is 5.75 Å². The van der Waals surface area contributed by atoms with Gasteiger partial charge in [-0.15, -0.1) is 0 Å². The molecule has 0 spiro atoms. The van der Waals surface area contributed by atoms with Crippen LogP contribution in [0.3, 0.4) is 0 Å². The van der Waals surface area contributed by atoms with Crippen molar-refractivity contribution in [1.29, 1.82) is 0 Å². The van der Waals surface area contributed by atoms with Crippen LogP contribution in [-0.4, -0.2) is 11.1 Å². The van der Waals surface area contributed by atoms with Gasteiger partial charge in [-0.05, 0) is 30.3 Å². The summed E-state index contributed by atoms with van der Waals surface area (Å²) in [6.07, 6.45) is 0. The van der Waals surface area contributed by atoms with Gasteiger partial charge in [0.1, 0.15) is 18.2 Å². The van der Waals surface area contributed by atoms with E-state index in [0.717, 1.165) is 0 Å². The summed E-state index contributed by atoms with van der Waals surface area (Å²) >= 11 is 5.79. The smallest absolute Gasteiger partial charge is 0.335 e. The van der Waals surface area contributed by atoms with E-state index in [4.69, 9.17) is 21.4 Å². The minimum atomic E-state index is -1.00. The van der Waals surface area contributed by atoms with Crippen LogP contribution < -0.4 is 4.74 Å². The van der Waals surface area contributed by atoms with Gasteiger partial charge < -0.3 is 9.84 Å². The minimum absolute atomic E-state index is 0.0321. The number of carboxylic acid groups (broad SMARTS) is 1. The molecule has 0 amide bonds. The first-order valence-corrected chi connectivity index (χ1v) is 5.85. The van der Waals surface area contributed by atoms with Crippen molar-refractivity contribution in [2.45, 2.75) is 6.61 Å². The molecule has 0 fully saturated rings. The van der Waals surface area contributed by atoms with Crippen molar-refractivity contribution in [3.05, 3.63) is 64.4 Å². The van der Waals surface area contributed by atoms with Crippen molar-refractivity contribution in [3.63, 3.8) is 0 Å². The molecule has 0 unspecified atom stereocenters. The van der Waals surface area contributed by atoms with Crippen molar-refractivity contribution in [2.24, 2.45) is 0 Å². The molecule has 19 heavy (non-hydrogen) atoms. The monoisotopic (exact) mass is 280 g/mol. The molecule has 0 bridgehead atoms. The fourth-order valence-electron chi connectivity index (χ4n) is 1.51. The third-order valence-electron chi connectivity index (χ3n) is 2.53. The van der Waals surface area contributed by atoms with Crippen LogP contribution in [0, 0.1) is 5.82 Å². The lowest BCUT2D eigenvalue weighted by Crippen LogP contribution is -1.99. The summed E-state index contributed by atoms with van der Waals surface area (Å²) in [5.74, 6) is -1.01. The van der Waals surface area contributed by atoms with Crippen LogP contribution in [0.4, 0.5) is 4.39 Å². The lowest BCUT2D eigenvalue weighted by Gasteiger charge is -2.08. The third-order valence-corrected chi connectivity index (χ3v) is 2.95. The van der Waals surface area contributed by atoms with Crippen LogP contribution in [0.15, 0.2) is 42.5 Å². The molecule has 0 aliphatic rings. The first-order chi connectivity index (χ1) is 9.08. The third kappa shape index (κ3) is 3.23. The number of carbonyl (C=O) groups is 1. The van der Waals surface area contributed by atoms with Gasteiger partial charge >= 0.3 is 5.97 Å². The van der Waals surface area contributed by atoms with Gasteiger partial charge in [0.15, 0.2) is 0 Å². The van der Waals surface area contributed by atoms with Gasteiger partial charge in [-0.1, -0.05) is 23.7 Å². The molecule has 0 aliphatic carbocycles. The van der Waals surface area contributed by atoms with Gasteiger partial charge in [0.25, 0.3) is 0 Å². The van der Waals surface area contributed by atoms with Crippen molar-refractivity contribution in [1.82, 2.24) is 0 Å². The molecule has 2 rings (SSSR count). The van der Waals surface area contributed by atoms with E-state index in [2.05, 4.69) is 0 Å². The van der Waals surface area contributed by atoms with E-state index in [1.807, 2.05) is 0 Å². The van der Waals surface area contributed by atoms with Gasteiger partial charge in [0.2, 0.25) is 0 Å². The first-order valence-electron chi connectivity index (χ1n) is 5.47. The molecule has 3 nitrogen and oxygen atoms in total. The Kier molecular flexibility index (Phi) is 4.02.